The molecule has 1 heterocycles. The molecule has 1 amide bonds. The summed E-state index contributed by atoms with van der Waals surface area (Å²) in [7, 11) is 0. The van der Waals surface area contributed by atoms with Crippen LogP contribution in [-0.2, 0) is 15.9 Å². The van der Waals surface area contributed by atoms with Crippen molar-refractivity contribution in [3.05, 3.63) is 70.8 Å². The largest absolute Gasteiger partial charge is 0.454 e. The molecule has 0 saturated carbocycles. The molecule has 2 aromatic rings. The first-order valence-electron chi connectivity index (χ1n) is 8.94. The Balaban J connectivity index is 1.69. The Bertz CT molecular complexity index is 773. The summed E-state index contributed by atoms with van der Waals surface area (Å²) >= 11 is 0. The first-order chi connectivity index (χ1) is 12.7. The van der Waals surface area contributed by atoms with Crippen LogP contribution in [-0.4, -0.2) is 31.6 Å². The highest BCUT2D eigenvalue weighted by Gasteiger charge is 2.28. The average molecular weight is 353 g/mol. The molecule has 5 nitrogen and oxygen atoms in total. The minimum atomic E-state index is -0.344. The van der Waals surface area contributed by atoms with Gasteiger partial charge in [0.15, 0.2) is 0 Å². The highest BCUT2D eigenvalue weighted by Crippen LogP contribution is 2.30. The molecule has 136 valence electrons. The molecule has 1 aliphatic rings. The third-order valence-electron chi connectivity index (χ3n) is 4.37. The predicted octanol–water partition coefficient (Wildman–Crippen LogP) is 3.30. The SMILES string of the molecule is CCOCCCNC(=O)c1ccc2c(c1)C[C@H](c1ccccc1)OC2=O. The molecule has 26 heavy (non-hydrogen) atoms. The third-order valence-corrected chi connectivity index (χ3v) is 4.37. The molecule has 2 aromatic carbocycles. The average Bonchev–Trinajstić information content (AvgIpc) is 2.68. The van der Waals surface area contributed by atoms with Gasteiger partial charge < -0.3 is 14.8 Å². The van der Waals surface area contributed by atoms with Gasteiger partial charge in [-0.3, -0.25) is 4.79 Å². The minimum Gasteiger partial charge on any atom is -0.454 e. The van der Waals surface area contributed by atoms with Gasteiger partial charge in [-0.15, -0.1) is 0 Å². The van der Waals surface area contributed by atoms with Crippen molar-refractivity contribution < 1.29 is 19.1 Å². The van der Waals surface area contributed by atoms with E-state index in [0.29, 0.717) is 37.3 Å². The molecule has 1 aliphatic heterocycles. The van der Waals surface area contributed by atoms with Crippen molar-refractivity contribution in [2.45, 2.75) is 25.9 Å². The monoisotopic (exact) mass is 353 g/mol. The van der Waals surface area contributed by atoms with Crippen molar-refractivity contribution >= 4 is 11.9 Å². The third kappa shape index (κ3) is 4.29. The highest BCUT2D eigenvalue weighted by atomic mass is 16.5. The zero-order chi connectivity index (χ0) is 18.4. The molecule has 0 unspecified atom stereocenters. The quantitative estimate of drug-likeness (QED) is 0.613. The van der Waals surface area contributed by atoms with E-state index in [9.17, 15) is 9.59 Å². The summed E-state index contributed by atoms with van der Waals surface area (Å²) in [6.45, 7) is 3.81. The van der Waals surface area contributed by atoms with E-state index >= 15 is 0 Å². The van der Waals surface area contributed by atoms with Crippen molar-refractivity contribution in [2.24, 2.45) is 0 Å². The Labute approximate surface area is 153 Å². The van der Waals surface area contributed by atoms with Crippen molar-refractivity contribution in [1.29, 1.82) is 0 Å². The summed E-state index contributed by atoms with van der Waals surface area (Å²) < 4.78 is 10.8. The second-order valence-electron chi connectivity index (χ2n) is 6.19. The van der Waals surface area contributed by atoms with Crippen LogP contribution in [0.15, 0.2) is 48.5 Å². The standard InChI is InChI=1S/C21H23NO4/c1-2-25-12-6-11-22-20(23)16-9-10-18-17(13-16)14-19(26-21(18)24)15-7-4-3-5-8-15/h3-5,7-10,13,19H,2,6,11-12,14H2,1H3,(H,22,23)/t19-/m1/s1. The van der Waals surface area contributed by atoms with Crippen LogP contribution in [0.3, 0.4) is 0 Å². The van der Waals surface area contributed by atoms with Gasteiger partial charge in [0.05, 0.1) is 5.56 Å². The van der Waals surface area contributed by atoms with Gasteiger partial charge in [0, 0.05) is 31.7 Å². The van der Waals surface area contributed by atoms with E-state index in [2.05, 4.69) is 5.32 Å². The number of cyclic esters (lactones) is 1. The van der Waals surface area contributed by atoms with E-state index in [1.165, 1.54) is 0 Å². The number of benzene rings is 2. The molecule has 0 bridgehead atoms. The van der Waals surface area contributed by atoms with Crippen molar-refractivity contribution in [2.75, 3.05) is 19.8 Å². The summed E-state index contributed by atoms with van der Waals surface area (Å²) in [5.41, 5.74) is 2.89. The van der Waals surface area contributed by atoms with Crippen LogP contribution >= 0.6 is 0 Å². The second kappa shape index (κ2) is 8.63. The van der Waals surface area contributed by atoms with Gasteiger partial charge in [-0.25, -0.2) is 4.79 Å². The van der Waals surface area contributed by atoms with Crippen LogP contribution in [0.2, 0.25) is 0 Å². The number of rotatable bonds is 7. The number of fused-ring (bicyclic) bond motifs is 1. The van der Waals surface area contributed by atoms with Gasteiger partial charge in [0.1, 0.15) is 6.10 Å². The maximum atomic E-state index is 12.3. The smallest absolute Gasteiger partial charge is 0.339 e. The number of nitrogens with one attached hydrogen (secondary N) is 1. The zero-order valence-electron chi connectivity index (χ0n) is 14.9. The van der Waals surface area contributed by atoms with Crippen LogP contribution in [0.5, 0.6) is 0 Å². The lowest BCUT2D eigenvalue weighted by Gasteiger charge is -2.25. The number of hydrogen-bond acceptors (Lipinski definition) is 4. The first-order valence-corrected chi connectivity index (χ1v) is 8.94. The molecule has 3 rings (SSSR count). The second-order valence-corrected chi connectivity index (χ2v) is 6.19. The van der Waals surface area contributed by atoms with Crippen LogP contribution < -0.4 is 5.32 Å². The van der Waals surface area contributed by atoms with E-state index in [4.69, 9.17) is 9.47 Å². The highest BCUT2D eigenvalue weighted by molar-refractivity contribution is 5.97. The van der Waals surface area contributed by atoms with E-state index in [1.54, 1.807) is 18.2 Å². The van der Waals surface area contributed by atoms with Crippen molar-refractivity contribution in [3.63, 3.8) is 0 Å². The van der Waals surface area contributed by atoms with Gasteiger partial charge in [-0.2, -0.15) is 0 Å². The van der Waals surface area contributed by atoms with E-state index in [1.807, 2.05) is 37.3 Å². The summed E-state index contributed by atoms with van der Waals surface area (Å²) in [6, 6.07) is 14.8. The van der Waals surface area contributed by atoms with Crippen LogP contribution in [0.1, 0.15) is 51.3 Å². The number of carbonyl (C=O) groups excluding carboxylic acids is 2. The molecule has 1 atom stereocenters. The van der Waals surface area contributed by atoms with Gasteiger partial charge in [-0.1, -0.05) is 30.3 Å². The minimum absolute atomic E-state index is 0.139. The van der Waals surface area contributed by atoms with Crippen molar-refractivity contribution in [1.82, 2.24) is 5.32 Å². The molecule has 1 N–H and O–H groups in total. The van der Waals surface area contributed by atoms with Crippen molar-refractivity contribution in [3.8, 4) is 0 Å². The molecular weight excluding hydrogens is 330 g/mol. The van der Waals surface area contributed by atoms with Crippen LogP contribution in [0, 0.1) is 0 Å². The normalized spacial score (nSPS) is 15.9. The van der Waals surface area contributed by atoms with E-state index < -0.39 is 0 Å². The summed E-state index contributed by atoms with van der Waals surface area (Å²) in [6.07, 6.45) is 1.02. The summed E-state index contributed by atoms with van der Waals surface area (Å²) in [5.74, 6) is -0.483. The maximum Gasteiger partial charge on any atom is 0.339 e. The lowest BCUT2D eigenvalue weighted by Crippen LogP contribution is -2.27. The number of ether oxygens (including phenoxy) is 2. The van der Waals surface area contributed by atoms with Crippen LogP contribution in [0.25, 0.3) is 0 Å². The Morgan fingerprint density at radius 3 is 2.81 bits per heavy atom. The predicted molar refractivity (Wildman–Crippen MR) is 98.2 cm³/mol. The van der Waals surface area contributed by atoms with Gasteiger partial charge in [0.2, 0.25) is 0 Å². The molecule has 0 aliphatic carbocycles. The number of carbonyl (C=O) groups is 2. The Kier molecular flexibility index (Phi) is 6.02. The first kappa shape index (κ1) is 18.1. The van der Waals surface area contributed by atoms with Crippen LogP contribution in [0.4, 0.5) is 0 Å². The van der Waals surface area contributed by atoms with Gasteiger partial charge >= 0.3 is 5.97 Å². The molecule has 0 fully saturated rings. The molecule has 0 spiro atoms. The number of amides is 1. The maximum absolute atomic E-state index is 12.3. The van der Waals surface area contributed by atoms with E-state index in [-0.39, 0.29) is 18.0 Å². The summed E-state index contributed by atoms with van der Waals surface area (Å²) in [5, 5.41) is 2.88. The number of esters is 1. The molecule has 5 heteroatoms. The Hall–Kier alpha value is -2.66. The lowest BCUT2D eigenvalue weighted by molar-refractivity contribution is 0.0252. The molecule has 0 saturated heterocycles. The Morgan fingerprint density at radius 2 is 2.04 bits per heavy atom. The zero-order valence-corrected chi connectivity index (χ0v) is 14.9. The molecule has 0 aromatic heterocycles. The fraction of sp³-hybridized carbons (Fsp3) is 0.333. The Morgan fingerprint density at radius 1 is 1.23 bits per heavy atom. The topological polar surface area (TPSA) is 64.6 Å². The van der Waals surface area contributed by atoms with E-state index in [0.717, 1.165) is 17.5 Å². The number of hydrogen-bond donors (Lipinski definition) is 1. The molecule has 0 radical (unpaired) electrons. The summed E-state index contributed by atoms with van der Waals surface area (Å²) in [4.78, 5) is 24.6. The van der Waals surface area contributed by atoms with Gasteiger partial charge in [-0.05, 0) is 42.7 Å². The fourth-order valence-corrected chi connectivity index (χ4v) is 3.01. The fourth-order valence-electron chi connectivity index (χ4n) is 3.01. The van der Waals surface area contributed by atoms with Gasteiger partial charge in [0.25, 0.3) is 5.91 Å². The molecular formula is C21H23NO4. The lowest BCUT2D eigenvalue weighted by atomic mass is 9.93.